The fraction of sp³-hybridized carbons (Fsp3) is 0.231. The van der Waals surface area contributed by atoms with Gasteiger partial charge in [-0.25, -0.2) is 4.68 Å². The number of anilines is 1. The van der Waals surface area contributed by atoms with E-state index >= 15 is 0 Å². The van der Waals surface area contributed by atoms with Gasteiger partial charge in [0.25, 0.3) is 0 Å². The van der Waals surface area contributed by atoms with Crippen LogP contribution in [-0.4, -0.2) is 15.7 Å². The van der Waals surface area contributed by atoms with Crippen molar-refractivity contribution in [2.75, 3.05) is 5.32 Å². The molecule has 0 saturated heterocycles. The number of benzene rings is 1. The summed E-state index contributed by atoms with van der Waals surface area (Å²) >= 11 is 0. The van der Waals surface area contributed by atoms with E-state index in [9.17, 15) is 4.79 Å². The van der Waals surface area contributed by atoms with Crippen LogP contribution in [0, 0.1) is 5.92 Å². The predicted molar refractivity (Wildman–Crippen MR) is 64.9 cm³/mol. The number of carbonyl (C=O) groups excluding carboxylic acids is 1. The number of hydrogen-bond acceptors (Lipinski definition) is 2. The molecule has 0 unspecified atom stereocenters. The van der Waals surface area contributed by atoms with Gasteiger partial charge in [0.1, 0.15) is 0 Å². The molecule has 1 aliphatic carbocycles. The largest absolute Gasteiger partial charge is 0.326 e. The van der Waals surface area contributed by atoms with Crippen LogP contribution in [-0.2, 0) is 4.79 Å². The number of rotatable bonds is 3. The van der Waals surface area contributed by atoms with E-state index in [0.29, 0.717) is 0 Å². The summed E-state index contributed by atoms with van der Waals surface area (Å²) in [6.07, 6.45) is 5.68. The number of aromatic nitrogens is 2. The first-order valence-electron chi connectivity index (χ1n) is 5.74. The van der Waals surface area contributed by atoms with E-state index in [4.69, 9.17) is 0 Å². The Morgan fingerprint density at radius 3 is 2.65 bits per heavy atom. The van der Waals surface area contributed by atoms with Crippen molar-refractivity contribution in [3.63, 3.8) is 0 Å². The van der Waals surface area contributed by atoms with Gasteiger partial charge in [0.15, 0.2) is 0 Å². The number of nitrogens with zero attached hydrogens (tertiary/aromatic N) is 2. The third-order valence-corrected chi connectivity index (χ3v) is 2.85. The first-order valence-corrected chi connectivity index (χ1v) is 5.74. The quantitative estimate of drug-likeness (QED) is 0.874. The Balaban J connectivity index is 1.73. The molecule has 1 fully saturated rings. The van der Waals surface area contributed by atoms with Gasteiger partial charge < -0.3 is 5.32 Å². The second-order valence-corrected chi connectivity index (χ2v) is 4.26. The molecule has 1 heterocycles. The molecule has 1 N–H and O–H groups in total. The Hall–Kier alpha value is -2.10. The van der Waals surface area contributed by atoms with E-state index in [1.54, 1.807) is 10.9 Å². The minimum Gasteiger partial charge on any atom is -0.326 e. The highest BCUT2D eigenvalue weighted by atomic mass is 16.2. The lowest BCUT2D eigenvalue weighted by Gasteiger charge is -2.05. The van der Waals surface area contributed by atoms with Crippen LogP contribution in [0.3, 0.4) is 0 Å². The van der Waals surface area contributed by atoms with Crippen LogP contribution < -0.4 is 5.32 Å². The van der Waals surface area contributed by atoms with Gasteiger partial charge in [0, 0.05) is 24.0 Å². The van der Waals surface area contributed by atoms with E-state index in [0.717, 1.165) is 24.2 Å². The maximum absolute atomic E-state index is 11.6. The Labute approximate surface area is 99.3 Å². The molecule has 4 heteroatoms. The summed E-state index contributed by atoms with van der Waals surface area (Å²) in [6, 6.07) is 9.56. The molecule has 17 heavy (non-hydrogen) atoms. The van der Waals surface area contributed by atoms with Crippen molar-refractivity contribution in [2.45, 2.75) is 12.8 Å². The third-order valence-electron chi connectivity index (χ3n) is 2.85. The number of hydrogen-bond donors (Lipinski definition) is 1. The lowest BCUT2D eigenvalue weighted by molar-refractivity contribution is -0.117. The summed E-state index contributed by atoms with van der Waals surface area (Å²) in [7, 11) is 0. The van der Waals surface area contributed by atoms with Crippen LogP contribution in [0.2, 0.25) is 0 Å². The minimum absolute atomic E-state index is 0.136. The summed E-state index contributed by atoms with van der Waals surface area (Å²) < 4.78 is 1.78. The van der Waals surface area contributed by atoms with Crippen molar-refractivity contribution in [3.8, 4) is 5.69 Å². The van der Waals surface area contributed by atoms with Gasteiger partial charge >= 0.3 is 0 Å². The molecule has 2 aromatic rings. The summed E-state index contributed by atoms with van der Waals surface area (Å²) in [4.78, 5) is 11.6. The first kappa shape index (κ1) is 10.1. The van der Waals surface area contributed by atoms with E-state index in [1.165, 1.54) is 0 Å². The molecule has 1 saturated carbocycles. The average Bonchev–Trinajstić information content (AvgIpc) is 3.07. The fourth-order valence-electron chi connectivity index (χ4n) is 1.71. The van der Waals surface area contributed by atoms with E-state index < -0.39 is 0 Å². The molecule has 1 aliphatic rings. The van der Waals surface area contributed by atoms with Gasteiger partial charge in [0.2, 0.25) is 5.91 Å². The van der Waals surface area contributed by atoms with Crippen molar-refractivity contribution < 1.29 is 4.79 Å². The number of carbonyl (C=O) groups is 1. The van der Waals surface area contributed by atoms with Crippen molar-refractivity contribution in [1.29, 1.82) is 0 Å². The molecule has 0 radical (unpaired) electrons. The molecular weight excluding hydrogens is 214 g/mol. The second kappa shape index (κ2) is 4.05. The standard InChI is InChI=1S/C13H13N3O/c17-13(10-2-3-10)15-11-4-6-12(7-5-11)16-9-1-8-14-16/h1,4-10H,2-3H2,(H,15,17). The third kappa shape index (κ3) is 2.20. The Bertz CT molecular complexity index is 512. The average molecular weight is 227 g/mol. The monoisotopic (exact) mass is 227 g/mol. The lowest BCUT2D eigenvalue weighted by atomic mass is 10.2. The van der Waals surface area contributed by atoms with Crippen LogP contribution in [0.1, 0.15) is 12.8 Å². The molecule has 86 valence electrons. The molecule has 1 aromatic carbocycles. The Kier molecular flexibility index (Phi) is 2.40. The van der Waals surface area contributed by atoms with Gasteiger partial charge in [0.05, 0.1) is 5.69 Å². The van der Waals surface area contributed by atoms with Crippen LogP contribution in [0.5, 0.6) is 0 Å². The minimum atomic E-state index is 0.136. The second-order valence-electron chi connectivity index (χ2n) is 4.26. The Morgan fingerprint density at radius 2 is 2.06 bits per heavy atom. The smallest absolute Gasteiger partial charge is 0.227 e. The molecule has 0 aliphatic heterocycles. The predicted octanol–water partition coefficient (Wildman–Crippen LogP) is 2.22. The van der Waals surface area contributed by atoms with Gasteiger partial charge in [-0.2, -0.15) is 5.10 Å². The zero-order valence-electron chi connectivity index (χ0n) is 9.34. The SMILES string of the molecule is O=C(Nc1ccc(-n2cccn2)cc1)C1CC1. The van der Waals surface area contributed by atoms with Crippen molar-refractivity contribution in [2.24, 2.45) is 5.92 Å². The van der Waals surface area contributed by atoms with Crippen LogP contribution in [0.15, 0.2) is 42.7 Å². The van der Waals surface area contributed by atoms with Crippen molar-refractivity contribution in [1.82, 2.24) is 9.78 Å². The Morgan fingerprint density at radius 1 is 1.29 bits per heavy atom. The summed E-state index contributed by atoms with van der Waals surface area (Å²) in [5.41, 5.74) is 1.83. The topological polar surface area (TPSA) is 46.9 Å². The highest BCUT2D eigenvalue weighted by Gasteiger charge is 2.29. The molecule has 3 rings (SSSR count). The number of amides is 1. The highest BCUT2D eigenvalue weighted by molar-refractivity contribution is 5.94. The highest BCUT2D eigenvalue weighted by Crippen LogP contribution is 2.30. The molecule has 1 aromatic heterocycles. The van der Waals surface area contributed by atoms with Crippen molar-refractivity contribution in [3.05, 3.63) is 42.7 Å². The maximum Gasteiger partial charge on any atom is 0.227 e. The van der Waals surface area contributed by atoms with Crippen LogP contribution in [0.4, 0.5) is 5.69 Å². The zero-order chi connectivity index (χ0) is 11.7. The molecule has 1 amide bonds. The maximum atomic E-state index is 11.6. The summed E-state index contributed by atoms with van der Waals surface area (Å²) in [5.74, 6) is 0.373. The molecule has 0 atom stereocenters. The molecule has 0 spiro atoms. The summed E-state index contributed by atoms with van der Waals surface area (Å²) in [6.45, 7) is 0. The zero-order valence-corrected chi connectivity index (χ0v) is 9.34. The molecule has 0 bridgehead atoms. The van der Waals surface area contributed by atoms with Crippen LogP contribution in [0.25, 0.3) is 5.69 Å². The van der Waals surface area contributed by atoms with Gasteiger partial charge in [-0.3, -0.25) is 4.79 Å². The van der Waals surface area contributed by atoms with Crippen molar-refractivity contribution >= 4 is 11.6 Å². The van der Waals surface area contributed by atoms with E-state index in [-0.39, 0.29) is 11.8 Å². The first-order chi connectivity index (χ1) is 8.33. The normalized spacial score (nSPS) is 14.6. The van der Waals surface area contributed by atoms with Gasteiger partial charge in [-0.15, -0.1) is 0 Å². The van der Waals surface area contributed by atoms with Crippen LogP contribution >= 0.6 is 0 Å². The summed E-state index contributed by atoms with van der Waals surface area (Å²) in [5, 5.41) is 7.05. The fourth-order valence-corrected chi connectivity index (χ4v) is 1.71. The lowest BCUT2D eigenvalue weighted by Crippen LogP contribution is -2.13. The molecule has 4 nitrogen and oxygen atoms in total. The molecular formula is C13H13N3O. The van der Waals surface area contributed by atoms with E-state index in [2.05, 4.69) is 10.4 Å². The van der Waals surface area contributed by atoms with E-state index in [1.807, 2.05) is 36.5 Å². The van der Waals surface area contributed by atoms with Gasteiger partial charge in [-0.05, 0) is 43.2 Å². The number of nitrogens with one attached hydrogen (secondary N) is 1. The van der Waals surface area contributed by atoms with Gasteiger partial charge in [-0.1, -0.05) is 0 Å².